The average Bonchev–Trinajstić information content (AvgIpc) is 3.41. The summed E-state index contributed by atoms with van der Waals surface area (Å²) in [7, 11) is 0. The topological polar surface area (TPSA) is 78.9 Å². The lowest BCUT2D eigenvalue weighted by molar-refractivity contribution is -0.167. The van der Waals surface area contributed by atoms with Gasteiger partial charge in [0, 0.05) is 19.3 Å². The maximum absolute atomic E-state index is 12.8. The number of allylic oxidation sites excluding steroid dienone is 14. The van der Waals surface area contributed by atoms with Crippen LogP contribution in [0.3, 0.4) is 0 Å². The minimum Gasteiger partial charge on any atom is -0.462 e. The molecule has 0 heterocycles. The van der Waals surface area contributed by atoms with Crippen LogP contribution in [0.1, 0.15) is 316 Å². The van der Waals surface area contributed by atoms with E-state index in [9.17, 15) is 14.4 Å². The molecule has 1 atom stereocenters. The Morgan fingerprint density at radius 1 is 0.280 bits per heavy atom. The lowest BCUT2D eigenvalue weighted by atomic mass is 10.0. The monoisotopic (exact) mass is 1040 g/mol. The minimum atomic E-state index is -0.781. The van der Waals surface area contributed by atoms with E-state index in [2.05, 4.69) is 106 Å². The molecule has 0 radical (unpaired) electrons. The van der Waals surface area contributed by atoms with E-state index in [1.165, 1.54) is 167 Å². The van der Waals surface area contributed by atoms with Crippen molar-refractivity contribution in [3.05, 3.63) is 85.1 Å². The zero-order chi connectivity index (χ0) is 54.3. The van der Waals surface area contributed by atoms with Gasteiger partial charge in [-0.3, -0.25) is 14.4 Å². The van der Waals surface area contributed by atoms with Gasteiger partial charge in [-0.1, -0.05) is 273 Å². The Hall–Kier alpha value is -3.41. The summed E-state index contributed by atoms with van der Waals surface area (Å²) < 4.78 is 16.9. The number of hydrogen-bond acceptors (Lipinski definition) is 6. The van der Waals surface area contributed by atoms with E-state index in [1.807, 2.05) is 0 Å². The molecule has 0 amide bonds. The second-order valence-corrected chi connectivity index (χ2v) is 21.3. The summed E-state index contributed by atoms with van der Waals surface area (Å²) in [5.74, 6) is -0.887. The summed E-state index contributed by atoms with van der Waals surface area (Å²) >= 11 is 0. The predicted molar refractivity (Wildman–Crippen MR) is 325 cm³/mol. The third kappa shape index (κ3) is 61.3. The highest BCUT2D eigenvalue weighted by Crippen LogP contribution is 2.17. The Kier molecular flexibility index (Phi) is 60.3. The Labute approximate surface area is 465 Å². The highest BCUT2D eigenvalue weighted by atomic mass is 16.6. The van der Waals surface area contributed by atoms with Crippen LogP contribution < -0.4 is 0 Å². The van der Waals surface area contributed by atoms with E-state index in [0.29, 0.717) is 19.3 Å². The van der Waals surface area contributed by atoms with Crippen molar-refractivity contribution >= 4 is 17.9 Å². The first-order chi connectivity index (χ1) is 37.0. The average molecular weight is 1050 g/mol. The van der Waals surface area contributed by atoms with Crippen LogP contribution >= 0.6 is 0 Å². The van der Waals surface area contributed by atoms with Crippen molar-refractivity contribution in [3.8, 4) is 0 Å². The molecule has 0 rings (SSSR count). The molecular formula is C69H120O6. The van der Waals surface area contributed by atoms with E-state index < -0.39 is 6.10 Å². The van der Waals surface area contributed by atoms with Crippen molar-refractivity contribution in [1.29, 1.82) is 0 Å². The van der Waals surface area contributed by atoms with Crippen molar-refractivity contribution < 1.29 is 28.6 Å². The number of hydrogen-bond donors (Lipinski definition) is 0. The molecule has 0 aliphatic rings. The predicted octanol–water partition coefficient (Wildman–Crippen LogP) is 21.9. The maximum Gasteiger partial charge on any atom is 0.306 e. The molecule has 0 aromatic rings. The number of carbonyl (C=O) groups excluding carboxylic acids is 3. The number of carbonyl (C=O) groups is 3. The van der Waals surface area contributed by atoms with Crippen molar-refractivity contribution in [2.24, 2.45) is 0 Å². The molecule has 0 fully saturated rings. The fourth-order valence-electron chi connectivity index (χ4n) is 9.03. The molecule has 6 heteroatoms. The highest BCUT2D eigenvalue weighted by molar-refractivity contribution is 5.71. The van der Waals surface area contributed by atoms with Crippen molar-refractivity contribution in [3.63, 3.8) is 0 Å². The van der Waals surface area contributed by atoms with Gasteiger partial charge in [-0.2, -0.15) is 0 Å². The van der Waals surface area contributed by atoms with Gasteiger partial charge in [-0.25, -0.2) is 0 Å². The fraction of sp³-hybridized carbons (Fsp3) is 0.754. The van der Waals surface area contributed by atoms with Crippen molar-refractivity contribution in [2.45, 2.75) is 322 Å². The zero-order valence-corrected chi connectivity index (χ0v) is 49.6. The molecule has 0 N–H and O–H groups in total. The van der Waals surface area contributed by atoms with Crippen LogP contribution in [0.25, 0.3) is 0 Å². The Bertz CT molecular complexity index is 1430. The largest absolute Gasteiger partial charge is 0.462 e. The minimum absolute atomic E-state index is 0.0790. The first-order valence-electron chi connectivity index (χ1n) is 32.1. The smallest absolute Gasteiger partial charge is 0.306 e. The molecule has 0 aliphatic carbocycles. The molecule has 432 valence electrons. The van der Waals surface area contributed by atoms with Gasteiger partial charge in [-0.15, -0.1) is 0 Å². The Morgan fingerprint density at radius 3 is 0.867 bits per heavy atom. The van der Waals surface area contributed by atoms with Crippen LogP contribution in [-0.2, 0) is 28.6 Å². The molecule has 1 unspecified atom stereocenters. The number of esters is 3. The normalized spacial score (nSPS) is 12.6. The molecule has 0 aromatic heterocycles. The van der Waals surface area contributed by atoms with Gasteiger partial charge in [0.1, 0.15) is 13.2 Å². The highest BCUT2D eigenvalue weighted by Gasteiger charge is 2.19. The molecule has 0 aliphatic heterocycles. The summed E-state index contributed by atoms with van der Waals surface area (Å²) in [6, 6.07) is 0. The van der Waals surface area contributed by atoms with Crippen LogP contribution in [0.5, 0.6) is 0 Å². The van der Waals surface area contributed by atoms with Gasteiger partial charge in [0.2, 0.25) is 0 Å². The number of unbranched alkanes of at least 4 members (excludes halogenated alkanes) is 33. The van der Waals surface area contributed by atoms with Gasteiger partial charge < -0.3 is 14.2 Å². The van der Waals surface area contributed by atoms with Crippen LogP contribution in [0, 0.1) is 0 Å². The molecule has 0 spiro atoms. The van der Waals surface area contributed by atoms with Crippen molar-refractivity contribution in [2.75, 3.05) is 13.2 Å². The first-order valence-corrected chi connectivity index (χ1v) is 32.1. The van der Waals surface area contributed by atoms with E-state index in [1.54, 1.807) is 0 Å². The Morgan fingerprint density at radius 2 is 0.533 bits per heavy atom. The van der Waals surface area contributed by atoms with E-state index >= 15 is 0 Å². The van der Waals surface area contributed by atoms with Gasteiger partial charge in [0.15, 0.2) is 6.10 Å². The summed E-state index contributed by atoms with van der Waals surface area (Å²) in [6.07, 6.45) is 83.2. The molecule has 0 bridgehead atoms. The van der Waals surface area contributed by atoms with Gasteiger partial charge in [0.25, 0.3) is 0 Å². The van der Waals surface area contributed by atoms with Crippen LogP contribution in [0.15, 0.2) is 85.1 Å². The van der Waals surface area contributed by atoms with Crippen LogP contribution in [-0.4, -0.2) is 37.2 Å². The molecule has 75 heavy (non-hydrogen) atoms. The van der Waals surface area contributed by atoms with Gasteiger partial charge in [0.05, 0.1) is 0 Å². The van der Waals surface area contributed by atoms with E-state index in [-0.39, 0.29) is 31.1 Å². The summed E-state index contributed by atoms with van der Waals surface area (Å²) in [4.78, 5) is 38.1. The number of rotatable bonds is 58. The van der Waals surface area contributed by atoms with Crippen LogP contribution in [0.4, 0.5) is 0 Å². The molecule has 0 saturated carbocycles. The second-order valence-electron chi connectivity index (χ2n) is 21.3. The van der Waals surface area contributed by atoms with E-state index in [0.717, 1.165) is 109 Å². The molecular weight excluding hydrogens is 925 g/mol. The molecule has 0 saturated heterocycles. The molecule has 0 aromatic carbocycles. The first kappa shape index (κ1) is 71.6. The quantitative estimate of drug-likeness (QED) is 0.0261. The Balaban J connectivity index is 4.09. The summed E-state index contributed by atoms with van der Waals surface area (Å²) in [6.45, 7) is 6.48. The van der Waals surface area contributed by atoms with Crippen molar-refractivity contribution in [1.82, 2.24) is 0 Å². The standard InChI is InChI=1S/C69H120O6/c1-4-7-10-13-16-19-22-24-25-26-27-28-29-30-31-32-33-34-35-36-37-38-39-40-41-42-43-45-47-50-53-56-59-62-68(71)74-65-66(64-73-67(70)61-58-55-52-49-46-21-18-15-12-9-6-3)75-69(72)63-60-57-54-51-48-44-23-20-17-14-11-8-5-2/h7,10,15-16,18-20,23-25,27-28,30-31,66H,4-6,8-9,11-14,17,21-22,26,29,32-65H2,1-3H3/b10-7-,18-15-,19-16-,23-20-,25-24-,28-27-,31-30-. The van der Waals surface area contributed by atoms with E-state index in [4.69, 9.17) is 14.2 Å². The number of ether oxygens (including phenoxy) is 3. The zero-order valence-electron chi connectivity index (χ0n) is 49.6. The van der Waals surface area contributed by atoms with Gasteiger partial charge >= 0.3 is 17.9 Å². The lowest BCUT2D eigenvalue weighted by Crippen LogP contribution is -2.30. The summed E-state index contributed by atoms with van der Waals surface area (Å²) in [5, 5.41) is 0. The summed E-state index contributed by atoms with van der Waals surface area (Å²) in [5.41, 5.74) is 0. The maximum atomic E-state index is 12.8. The SMILES string of the molecule is CC/C=C\C/C=C\C/C=C\C/C=C\C/C=C\CCCCCCCCCCCCCCCCCCCC(=O)OCC(COC(=O)CCCCCCC/C=C\CCCC)OC(=O)CCCCCCC/C=C\CCCCCC. The third-order valence-electron chi connectivity index (χ3n) is 13.9. The second kappa shape index (κ2) is 63.1. The fourth-order valence-corrected chi connectivity index (χ4v) is 9.03. The molecule has 6 nitrogen and oxygen atoms in total. The van der Waals surface area contributed by atoms with Crippen LogP contribution in [0.2, 0.25) is 0 Å². The third-order valence-corrected chi connectivity index (χ3v) is 13.9. The lowest BCUT2D eigenvalue weighted by Gasteiger charge is -2.18. The van der Waals surface area contributed by atoms with Gasteiger partial charge in [-0.05, 0) is 109 Å².